The van der Waals surface area contributed by atoms with Crippen molar-refractivity contribution in [1.82, 2.24) is 0 Å². The van der Waals surface area contributed by atoms with Crippen LogP contribution in [0.2, 0.25) is 0 Å². The SMILES string of the molecule is COC1(OC(C)=O)CC=CC=C1c1ccccc1. The highest BCUT2D eigenvalue weighted by atomic mass is 16.7. The lowest BCUT2D eigenvalue weighted by molar-refractivity contribution is -0.193. The zero-order valence-corrected chi connectivity index (χ0v) is 10.6. The molecule has 1 atom stereocenters. The monoisotopic (exact) mass is 244 g/mol. The van der Waals surface area contributed by atoms with Gasteiger partial charge in [-0.25, -0.2) is 0 Å². The highest BCUT2D eigenvalue weighted by molar-refractivity contribution is 5.77. The summed E-state index contributed by atoms with van der Waals surface area (Å²) in [5.74, 6) is -1.36. The largest absolute Gasteiger partial charge is 0.428 e. The van der Waals surface area contributed by atoms with E-state index in [4.69, 9.17) is 9.47 Å². The highest BCUT2D eigenvalue weighted by Gasteiger charge is 2.38. The van der Waals surface area contributed by atoms with Crippen LogP contribution in [0.5, 0.6) is 0 Å². The molecule has 0 heterocycles. The molecule has 1 aromatic rings. The fraction of sp³-hybridized carbons (Fsp3) is 0.267. The van der Waals surface area contributed by atoms with E-state index in [1.54, 1.807) is 7.11 Å². The lowest BCUT2D eigenvalue weighted by Gasteiger charge is -2.34. The summed E-state index contributed by atoms with van der Waals surface area (Å²) in [7, 11) is 1.55. The molecule has 0 fully saturated rings. The molecule has 0 bridgehead atoms. The summed E-state index contributed by atoms with van der Waals surface area (Å²) in [6, 6.07) is 9.79. The van der Waals surface area contributed by atoms with Gasteiger partial charge in [0, 0.05) is 26.0 Å². The van der Waals surface area contributed by atoms with Gasteiger partial charge in [0.25, 0.3) is 0 Å². The Labute approximate surface area is 107 Å². The third kappa shape index (κ3) is 2.36. The predicted molar refractivity (Wildman–Crippen MR) is 69.7 cm³/mol. The van der Waals surface area contributed by atoms with Gasteiger partial charge in [-0.2, -0.15) is 0 Å². The molecular formula is C15H16O3. The number of hydrogen-bond donors (Lipinski definition) is 0. The fourth-order valence-electron chi connectivity index (χ4n) is 2.12. The Morgan fingerprint density at radius 3 is 2.61 bits per heavy atom. The van der Waals surface area contributed by atoms with E-state index in [-0.39, 0.29) is 5.97 Å². The van der Waals surface area contributed by atoms with E-state index in [1.807, 2.05) is 48.6 Å². The predicted octanol–water partition coefficient (Wildman–Crippen LogP) is 2.94. The van der Waals surface area contributed by atoms with Crippen molar-refractivity contribution in [2.45, 2.75) is 19.1 Å². The van der Waals surface area contributed by atoms with Gasteiger partial charge in [-0.3, -0.25) is 4.79 Å². The van der Waals surface area contributed by atoms with Crippen LogP contribution in [-0.4, -0.2) is 18.9 Å². The summed E-state index contributed by atoms with van der Waals surface area (Å²) in [6.45, 7) is 1.39. The van der Waals surface area contributed by atoms with E-state index in [2.05, 4.69) is 0 Å². The van der Waals surface area contributed by atoms with Gasteiger partial charge in [-0.15, -0.1) is 0 Å². The first kappa shape index (κ1) is 12.6. The molecule has 1 aromatic carbocycles. The molecule has 1 unspecified atom stereocenters. The average Bonchev–Trinajstić information content (AvgIpc) is 2.39. The molecule has 0 saturated carbocycles. The minimum Gasteiger partial charge on any atom is -0.428 e. The lowest BCUT2D eigenvalue weighted by Crippen LogP contribution is -2.38. The first-order valence-electron chi connectivity index (χ1n) is 5.85. The summed E-state index contributed by atoms with van der Waals surface area (Å²) >= 11 is 0. The van der Waals surface area contributed by atoms with Gasteiger partial charge in [0.1, 0.15) is 0 Å². The third-order valence-corrected chi connectivity index (χ3v) is 2.92. The quantitative estimate of drug-likeness (QED) is 0.605. The Morgan fingerprint density at radius 1 is 1.28 bits per heavy atom. The fourth-order valence-corrected chi connectivity index (χ4v) is 2.12. The first-order valence-corrected chi connectivity index (χ1v) is 5.85. The van der Waals surface area contributed by atoms with Crippen LogP contribution in [0.25, 0.3) is 5.57 Å². The van der Waals surface area contributed by atoms with Crippen LogP contribution in [0.1, 0.15) is 18.9 Å². The van der Waals surface area contributed by atoms with E-state index in [1.165, 1.54) is 6.92 Å². The Kier molecular flexibility index (Phi) is 3.63. The van der Waals surface area contributed by atoms with E-state index >= 15 is 0 Å². The molecule has 3 heteroatoms. The molecule has 2 rings (SSSR count). The number of ether oxygens (including phenoxy) is 2. The van der Waals surface area contributed by atoms with Crippen molar-refractivity contribution in [2.75, 3.05) is 7.11 Å². The second kappa shape index (κ2) is 5.19. The smallest absolute Gasteiger partial charge is 0.305 e. The molecule has 94 valence electrons. The number of carbonyl (C=O) groups is 1. The van der Waals surface area contributed by atoms with Crippen LogP contribution < -0.4 is 0 Å². The summed E-state index contributed by atoms with van der Waals surface area (Å²) in [6.07, 6.45) is 6.32. The van der Waals surface area contributed by atoms with E-state index < -0.39 is 5.79 Å². The Hall–Kier alpha value is -1.87. The minimum absolute atomic E-state index is 0.353. The van der Waals surface area contributed by atoms with Crippen LogP contribution in [0.4, 0.5) is 0 Å². The molecule has 0 aliphatic heterocycles. The van der Waals surface area contributed by atoms with E-state index in [0.29, 0.717) is 6.42 Å². The molecule has 1 aliphatic carbocycles. The van der Waals surface area contributed by atoms with Gasteiger partial charge in [0.05, 0.1) is 0 Å². The Morgan fingerprint density at radius 2 is 2.00 bits per heavy atom. The second-order valence-electron chi connectivity index (χ2n) is 4.13. The summed E-state index contributed by atoms with van der Waals surface area (Å²) in [5.41, 5.74) is 1.85. The third-order valence-electron chi connectivity index (χ3n) is 2.92. The number of rotatable bonds is 3. The van der Waals surface area contributed by atoms with Gasteiger partial charge in [0.2, 0.25) is 5.79 Å². The molecule has 1 aliphatic rings. The topological polar surface area (TPSA) is 35.5 Å². The van der Waals surface area contributed by atoms with Crippen molar-refractivity contribution in [3.8, 4) is 0 Å². The van der Waals surface area contributed by atoms with Crippen LogP contribution in [-0.2, 0) is 14.3 Å². The van der Waals surface area contributed by atoms with E-state index in [9.17, 15) is 4.79 Å². The number of hydrogen-bond acceptors (Lipinski definition) is 3. The summed E-state index contributed by atoms with van der Waals surface area (Å²) in [5, 5.41) is 0. The average molecular weight is 244 g/mol. The Bertz CT molecular complexity index is 488. The van der Waals surface area contributed by atoms with Crippen LogP contribution in [0.15, 0.2) is 48.6 Å². The normalized spacial score (nSPS) is 22.4. The molecular weight excluding hydrogens is 228 g/mol. The molecule has 0 saturated heterocycles. The number of carbonyl (C=O) groups excluding carboxylic acids is 1. The maximum atomic E-state index is 11.3. The highest BCUT2D eigenvalue weighted by Crippen LogP contribution is 2.37. The number of esters is 1. The lowest BCUT2D eigenvalue weighted by atomic mass is 9.91. The van der Waals surface area contributed by atoms with Crippen molar-refractivity contribution in [2.24, 2.45) is 0 Å². The number of methoxy groups -OCH3 is 1. The number of benzene rings is 1. The maximum absolute atomic E-state index is 11.3. The van der Waals surface area contributed by atoms with Crippen LogP contribution >= 0.6 is 0 Å². The second-order valence-corrected chi connectivity index (χ2v) is 4.13. The van der Waals surface area contributed by atoms with Gasteiger partial charge >= 0.3 is 5.97 Å². The van der Waals surface area contributed by atoms with E-state index in [0.717, 1.165) is 11.1 Å². The van der Waals surface area contributed by atoms with Crippen molar-refractivity contribution in [3.05, 3.63) is 54.1 Å². The molecule has 0 radical (unpaired) electrons. The molecule has 18 heavy (non-hydrogen) atoms. The van der Waals surface area contributed by atoms with Gasteiger partial charge in [-0.1, -0.05) is 48.6 Å². The van der Waals surface area contributed by atoms with Gasteiger partial charge < -0.3 is 9.47 Å². The Balaban J connectivity index is 2.43. The summed E-state index contributed by atoms with van der Waals surface area (Å²) in [4.78, 5) is 11.3. The summed E-state index contributed by atoms with van der Waals surface area (Å²) < 4.78 is 10.9. The standard InChI is InChI=1S/C15H16O3/c1-12(16)18-15(17-2)11-7-6-10-14(15)13-8-4-3-5-9-13/h3-10H,11H2,1-2H3. The minimum atomic E-state index is -1.01. The molecule has 3 nitrogen and oxygen atoms in total. The molecule has 0 N–H and O–H groups in total. The van der Waals surface area contributed by atoms with Gasteiger partial charge in [-0.05, 0) is 5.56 Å². The molecule has 0 aromatic heterocycles. The van der Waals surface area contributed by atoms with Crippen molar-refractivity contribution in [3.63, 3.8) is 0 Å². The van der Waals surface area contributed by atoms with Crippen LogP contribution in [0.3, 0.4) is 0 Å². The van der Waals surface area contributed by atoms with Gasteiger partial charge in [0.15, 0.2) is 0 Å². The zero-order chi connectivity index (χ0) is 13.0. The molecule has 0 spiro atoms. The maximum Gasteiger partial charge on any atom is 0.305 e. The van der Waals surface area contributed by atoms with Crippen LogP contribution in [0, 0.1) is 0 Å². The molecule has 0 amide bonds. The zero-order valence-electron chi connectivity index (χ0n) is 10.6. The van der Waals surface area contributed by atoms with Crippen molar-refractivity contribution >= 4 is 11.5 Å². The first-order chi connectivity index (χ1) is 8.68. The van der Waals surface area contributed by atoms with Crippen molar-refractivity contribution in [1.29, 1.82) is 0 Å². The number of allylic oxidation sites excluding steroid dienone is 2. The van der Waals surface area contributed by atoms with Crippen molar-refractivity contribution < 1.29 is 14.3 Å².